The first-order valence-electron chi connectivity index (χ1n) is 6.64. The van der Waals surface area contributed by atoms with Crippen LogP contribution in [0.4, 0.5) is 0 Å². The van der Waals surface area contributed by atoms with E-state index in [1.54, 1.807) is 0 Å². The highest BCUT2D eigenvalue weighted by Gasteiger charge is 2.17. The lowest BCUT2D eigenvalue weighted by Gasteiger charge is -2.16. The van der Waals surface area contributed by atoms with Crippen LogP contribution in [0.1, 0.15) is 29.8 Å². The van der Waals surface area contributed by atoms with E-state index in [4.69, 9.17) is 5.73 Å². The van der Waals surface area contributed by atoms with Crippen molar-refractivity contribution in [1.82, 2.24) is 9.78 Å². The zero-order valence-electron chi connectivity index (χ0n) is 11.4. The van der Waals surface area contributed by atoms with Crippen molar-refractivity contribution in [2.75, 3.05) is 6.54 Å². The van der Waals surface area contributed by atoms with E-state index >= 15 is 0 Å². The fourth-order valence-electron chi connectivity index (χ4n) is 2.36. The number of nitrogens with two attached hydrogens (primary N) is 1. The Kier molecular flexibility index (Phi) is 4.77. The lowest BCUT2D eigenvalue weighted by molar-refractivity contribution is 0.582. The molecular weight excluding hydrogens is 302 g/mol. The topological polar surface area (TPSA) is 43.8 Å². The van der Waals surface area contributed by atoms with E-state index < -0.39 is 0 Å². The Hall–Kier alpha value is -1.13. The van der Waals surface area contributed by atoms with E-state index in [1.165, 1.54) is 11.3 Å². The van der Waals surface area contributed by atoms with E-state index in [1.807, 2.05) is 13.0 Å². The molecule has 0 radical (unpaired) electrons. The molecule has 0 fully saturated rings. The fourth-order valence-corrected chi connectivity index (χ4v) is 2.81. The molecule has 19 heavy (non-hydrogen) atoms. The molecule has 102 valence electrons. The number of aryl methyl sites for hydroxylation is 2. The van der Waals surface area contributed by atoms with Crippen molar-refractivity contribution in [2.24, 2.45) is 5.73 Å². The zero-order chi connectivity index (χ0) is 13.8. The molecule has 1 atom stereocenters. The van der Waals surface area contributed by atoms with Crippen molar-refractivity contribution >= 4 is 15.9 Å². The monoisotopic (exact) mass is 321 g/mol. The first kappa shape index (κ1) is 14.3. The van der Waals surface area contributed by atoms with Gasteiger partial charge in [-0.05, 0) is 48.3 Å². The first-order chi connectivity index (χ1) is 9.17. The van der Waals surface area contributed by atoms with E-state index in [2.05, 4.69) is 56.9 Å². The zero-order valence-corrected chi connectivity index (χ0v) is 13.0. The Morgan fingerprint density at radius 1 is 1.32 bits per heavy atom. The Bertz CT molecular complexity index is 534. The molecule has 0 amide bonds. The molecule has 4 heteroatoms. The van der Waals surface area contributed by atoms with Gasteiger partial charge in [0, 0.05) is 12.5 Å². The summed E-state index contributed by atoms with van der Waals surface area (Å²) >= 11 is 3.65. The summed E-state index contributed by atoms with van der Waals surface area (Å²) in [5.41, 5.74) is 9.52. The van der Waals surface area contributed by atoms with Crippen LogP contribution in [-0.4, -0.2) is 16.3 Å². The Balaban J connectivity index is 2.29. The molecule has 2 N–H and O–H groups in total. The molecule has 1 aromatic heterocycles. The van der Waals surface area contributed by atoms with Gasteiger partial charge in [-0.1, -0.05) is 30.3 Å². The Morgan fingerprint density at radius 2 is 2.00 bits per heavy atom. The van der Waals surface area contributed by atoms with Gasteiger partial charge in [0.15, 0.2) is 0 Å². The van der Waals surface area contributed by atoms with Gasteiger partial charge in [0.2, 0.25) is 0 Å². The minimum absolute atomic E-state index is 0.332. The van der Waals surface area contributed by atoms with Crippen LogP contribution in [-0.2, 0) is 13.0 Å². The molecule has 0 bridgehead atoms. The second kappa shape index (κ2) is 6.35. The number of hydrogen-bond donors (Lipinski definition) is 1. The van der Waals surface area contributed by atoms with Gasteiger partial charge < -0.3 is 5.73 Å². The third-order valence-electron chi connectivity index (χ3n) is 3.45. The van der Waals surface area contributed by atoms with Crippen LogP contribution in [0, 0.1) is 6.92 Å². The van der Waals surface area contributed by atoms with Gasteiger partial charge in [-0.3, -0.25) is 4.68 Å². The van der Waals surface area contributed by atoms with Crippen LogP contribution in [0.2, 0.25) is 0 Å². The van der Waals surface area contributed by atoms with E-state index in [0.29, 0.717) is 12.5 Å². The number of benzene rings is 1. The summed E-state index contributed by atoms with van der Waals surface area (Å²) < 4.78 is 3.18. The molecule has 1 unspecified atom stereocenters. The SMILES string of the molecule is CCn1nc(C)c(Br)c1CC(CN)c1ccccc1. The van der Waals surface area contributed by atoms with Gasteiger partial charge >= 0.3 is 0 Å². The summed E-state index contributed by atoms with van der Waals surface area (Å²) in [7, 11) is 0. The Labute approximate surface area is 122 Å². The predicted octanol–water partition coefficient (Wildman–Crippen LogP) is 3.26. The molecule has 1 heterocycles. The lowest BCUT2D eigenvalue weighted by Crippen LogP contribution is -2.17. The standard InChI is InChI=1S/C15H20BrN3/c1-3-19-14(15(16)11(2)18-19)9-13(10-17)12-7-5-4-6-8-12/h4-8,13H,3,9-10,17H2,1-2H3. The van der Waals surface area contributed by atoms with Gasteiger partial charge in [-0.25, -0.2) is 0 Å². The largest absolute Gasteiger partial charge is 0.330 e. The smallest absolute Gasteiger partial charge is 0.0738 e. The summed E-state index contributed by atoms with van der Waals surface area (Å²) in [5, 5.41) is 4.54. The number of nitrogens with zero attached hydrogens (tertiary/aromatic N) is 2. The highest BCUT2D eigenvalue weighted by molar-refractivity contribution is 9.10. The second-order valence-electron chi connectivity index (χ2n) is 4.71. The van der Waals surface area contributed by atoms with Crippen molar-refractivity contribution in [2.45, 2.75) is 32.7 Å². The van der Waals surface area contributed by atoms with Crippen LogP contribution in [0.15, 0.2) is 34.8 Å². The maximum atomic E-state index is 5.96. The quantitative estimate of drug-likeness (QED) is 0.918. The molecule has 1 aromatic carbocycles. The minimum Gasteiger partial charge on any atom is -0.330 e. The average Bonchev–Trinajstić information content (AvgIpc) is 2.72. The third-order valence-corrected chi connectivity index (χ3v) is 4.48. The van der Waals surface area contributed by atoms with Crippen molar-refractivity contribution < 1.29 is 0 Å². The number of halogens is 1. The third kappa shape index (κ3) is 3.07. The second-order valence-corrected chi connectivity index (χ2v) is 5.50. The van der Waals surface area contributed by atoms with Crippen LogP contribution in [0.25, 0.3) is 0 Å². The summed E-state index contributed by atoms with van der Waals surface area (Å²) in [5.74, 6) is 0.332. The van der Waals surface area contributed by atoms with Crippen LogP contribution >= 0.6 is 15.9 Å². The van der Waals surface area contributed by atoms with E-state index in [0.717, 1.165) is 23.1 Å². The summed E-state index contributed by atoms with van der Waals surface area (Å²) in [6.07, 6.45) is 0.912. The summed E-state index contributed by atoms with van der Waals surface area (Å²) in [6.45, 7) is 5.67. The van der Waals surface area contributed by atoms with Gasteiger partial charge in [-0.15, -0.1) is 0 Å². The lowest BCUT2D eigenvalue weighted by atomic mass is 9.94. The maximum absolute atomic E-state index is 5.96. The molecule has 0 aliphatic rings. The molecule has 0 saturated heterocycles. The van der Waals surface area contributed by atoms with Crippen molar-refractivity contribution in [3.8, 4) is 0 Å². The molecular formula is C15H20BrN3. The molecule has 0 saturated carbocycles. The number of aromatic nitrogens is 2. The molecule has 0 aliphatic carbocycles. The number of hydrogen-bond acceptors (Lipinski definition) is 2. The highest BCUT2D eigenvalue weighted by Crippen LogP contribution is 2.27. The van der Waals surface area contributed by atoms with Gasteiger partial charge in [-0.2, -0.15) is 5.10 Å². The summed E-state index contributed by atoms with van der Waals surface area (Å²) in [6, 6.07) is 10.5. The van der Waals surface area contributed by atoms with E-state index in [-0.39, 0.29) is 0 Å². The minimum atomic E-state index is 0.332. The fraction of sp³-hybridized carbons (Fsp3) is 0.400. The van der Waals surface area contributed by atoms with Crippen molar-refractivity contribution in [3.05, 3.63) is 51.8 Å². The molecule has 0 spiro atoms. The molecule has 2 aromatic rings. The van der Waals surface area contributed by atoms with Crippen molar-refractivity contribution in [1.29, 1.82) is 0 Å². The highest BCUT2D eigenvalue weighted by atomic mass is 79.9. The van der Waals surface area contributed by atoms with Crippen LogP contribution in [0.5, 0.6) is 0 Å². The maximum Gasteiger partial charge on any atom is 0.0738 e. The average molecular weight is 322 g/mol. The van der Waals surface area contributed by atoms with Crippen LogP contribution < -0.4 is 5.73 Å². The molecule has 3 nitrogen and oxygen atoms in total. The predicted molar refractivity (Wildman–Crippen MR) is 82.3 cm³/mol. The summed E-state index contributed by atoms with van der Waals surface area (Å²) in [4.78, 5) is 0. The normalized spacial score (nSPS) is 12.6. The van der Waals surface area contributed by atoms with Gasteiger partial charge in [0.05, 0.1) is 15.9 Å². The molecule has 2 rings (SSSR count). The van der Waals surface area contributed by atoms with Crippen LogP contribution in [0.3, 0.4) is 0 Å². The van der Waals surface area contributed by atoms with Crippen molar-refractivity contribution in [3.63, 3.8) is 0 Å². The van der Waals surface area contributed by atoms with E-state index in [9.17, 15) is 0 Å². The first-order valence-corrected chi connectivity index (χ1v) is 7.43. The van der Waals surface area contributed by atoms with Gasteiger partial charge in [0.25, 0.3) is 0 Å². The number of rotatable bonds is 5. The Morgan fingerprint density at radius 3 is 2.58 bits per heavy atom. The van der Waals surface area contributed by atoms with Gasteiger partial charge in [0.1, 0.15) is 0 Å². The molecule has 0 aliphatic heterocycles.